The fourth-order valence-corrected chi connectivity index (χ4v) is 3.89. The first-order valence-electron chi connectivity index (χ1n) is 9.99. The lowest BCUT2D eigenvalue weighted by molar-refractivity contribution is 0.102. The van der Waals surface area contributed by atoms with Crippen LogP contribution in [0.4, 0.5) is 5.82 Å². The van der Waals surface area contributed by atoms with Crippen molar-refractivity contribution in [2.75, 3.05) is 5.32 Å². The van der Waals surface area contributed by atoms with E-state index in [0.29, 0.717) is 28.3 Å². The number of rotatable bonds is 3. The van der Waals surface area contributed by atoms with Gasteiger partial charge in [-0.2, -0.15) is 9.78 Å². The molecule has 0 spiro atoms. The highest BCUT2D eigenvalue weighted by Crippen LogP contribution is 2.26. The lowest BCUT2D eigenvalue weighted by Crippen LogP contribution is -2.15. The molecular formula is C24H21N5O2. The van der Waals surface area contributed by atoms with Crippen molar-refractivity contribution < 1.29 is 9.21 Å². The summed E-state index contributed by atoms with van der Waals surface area (Å²) in [6.07, 6.45) is 1.36. The monoisotopic (exact) mass is 411 g/mol. The Hall–Kier alpha value is -4.00. The second-order valence-corrected chi connectivity index (χ2v) is 7.85. The van der Waals surface area contributed by atoms with Crippen molar-refractivity contribution in [3.63, 3.8) is 0 Å². The standard InChI is InChI=1S/C24H21N5O2/c1-13-7-15(3)23-18(8-13)14(2)9-21(26-23)29-22(10-16(4)28-29)27-24(30)17-5-6-20-19(11-17)25-12-31-20/h5-12H,1-4H3,(H,27,30). The van der Waals surface area contributed by atoms with E-state index in [0.717, 1.165) is 27.7 Å². The number of aromatic nitrogens is 4. The summed E-state index contributed by atoms with van der Waals surface area (Å²) in [5, 5.41) is 8.66. The lowest BCUT2D eigenvalue weighted by Gasteiger charge is -2.12. The molecule has 7 nitrogen and oxygen atoms in total. The van der Waals surface area contributed by atoms with Crippen LogP contribution in [0.25, 0.3) is 27.8 Å². The Labute approximate surface area is 178 Å². The van der Waals surface area contributed by atoms with Crippen LogP contribution >= 0.6 is 0 Å². The number of carbonyl (C=O) groups is 1. The minimum absolute atomic E-state index is 0.254. The molecule has 0 radical (unpaired) electrons. The molecule has 0 saturated carbocycles. The van der Waals surface area contributed by atoms with E-state index in [9.17, 15) is 4.79 Å². The number of benzene rings is 2. The van der Waals surface area contributed by atoms with Crippen molar-refractivity contribution in [3.05, 3.63) is 76.8 Å². The van der Waals surface area contributed by atoms with E-state index in [4.69, 9.17) is 9.40 Å². The largest absolute Gasteiger partial charge is 0.443 e. The van der Waals surface area contributed by atoms with Crippen molar-refractivity contribution in [3.8, 4) is 5.82 Å². The Balaban J connectivity index is 1.55. The molecule has 0 atom stereocenters. The van der Waals surface area contributed by atoms with Crippen LogP contribution in [0.2, 0.25) is 0 Å². The summed E-state index contributed by atoms with van der Waals surface area (Å²) >= 11 is 0. The van der Waals surface area contributed by atoms with Crippen LogP contribution in [0.1, 0.15) is 32.7 Å². The zero-order valence-electron chi connectivity index (χ0n) is 17.7. The van der Waals surface area contributed by atoms with Gasteiger partial charge in [0, 0.05) is 17.0 Å². The number of nitrogens with zero attached hydrogens (tertiary/aromatic N) is 4. The first-order valence-corrected chi connectivity index (χ1v) is 9.99. The van der Waals surface area contributed by atoms with E-state index in [1.807, 2.05) is 19.1 Å². The van der Waals surface area contributed by atoms with Gasteiger partial charge in [-0.25, -0.2) is 9.97 Å². The molecule has 2 aromatic carbocycles. The van der Waals surface area contributed by atoms with E-state index in [-0.39, 0.29) is 5.91 Å². The minimum atomic E-state index is -0.254. The van der Waals surface area contributed by atoms with Crippen LogP contribution in [-0.4, -0.2) is 25.7 Å². The van der Waals surface area contributed by atoms with E-state index in [2.05, 4.69) is 48.3 Å². The molecule has 3 heterocycles. The summed E-state index contributed by atoms with van der Waals surface area (Å²) in [4.78, 5) is 21.9. The molecule has 5 rings (SSSR count). The quantitative estimate of drug-likeness (QED) is 0.449. The molecule has 1 N–H and O–H groups in total. The Kier molecular flexibility index (Phi) is 4.32. The smallest absolute Gasteiger partial charge is 0.256 e. The topological polar surface area (TPSA) is 85.8 Å². The van der Waals surface area contributed by atoms with Crippen LogP contribution in [0, 0.1) is 27.7 Å². The zero-order chi connectivity index (χ0) is 21.7. The van der Waals surface area contributed by atoms with Crippen LogP contribution in [0.15, 0.2) is 53.3 Å². The molecule has 0 unspecified atom stereocenters. The van der Waals surface area contributed by atoms with Gasteiger partial charge >= 0.3 is 0 Å². The van der Waals surface area contributed by atoms with Crippen molar-refractivity contribution in [2.24, 2.45) is 0 Å². The highest BCUT2D eigenvalue weighted by Gasteiger charge is 2.16. The number of carbonyl (C=O) groups excluding carboxylic acids is 1. The third kappa shape index (κ3) is 3.34. The SMILES string of the molecule is Cc1cc(C)c2nc(-n3nc(C)cc3NC(=O)c3ccc4ocnc4c3)cc(C)c2c1. The highest BCUT2D eigenvalue weighted by molar-refractivity contribution is 6.05. The molecule has 0 aliphatic carbocycles. The summed E-state index contributed by atoms with van der Waals surface area (Å²) in [7, 11) is 0. The Morgan fingerprint density at radius 1 is 1.00 bits per heavy atom. The second kappa shape index (κ2) is 7.05. The van der Waals surface area contributed by atoms with Gasteiger partial charge in [-0.3, -0.25) is 4.79 Å². The maximum Gasteiger partial charge on any atom is 0.256 e. The predicted molar refractivity (Wildman–Crippen MR) is 120 cm³/mol. The Morgan fingerprint density at radius 3 is 2.68 bits per heavy atom. The number of fused-ring (bicyclic) bond motifs is 2. The van der Waals surface area contributed by atoms with Gasteiger partial charge in [0.05, 0.1) is 11.2 Å². The molecule has 31 heavy (non-hydrogen) atoms. The van der Waals surface area contributed by atoms with Gasteiger partial charge in [0.15, 0.2) is 17.8 Å². The second-order valence-electron chi connectivity index (χ2n) is 7.85. The number of nitrogens with one attached hydrogen (secondary N) is 1. The third-order valence-corrected chi connectivity index (χ3v) is 5.32. The fraction of sp³-hybridized carbons (Fsp3) is 0.167. The third-order valence-electron chi connectivity index (χ3n) is 5.32. The van der Waals surface area contributed by atoms with E-state index in [1.165, 1.54) is 12.0 Å². The molecule has 7 heteroatoms. The molecule has 0 aliphatic heterocycles. The van der Waals surface area contributed by atoms with Gasteiger partial charge in [0.1, 0.15) is 11.3 Å². The molecule has 0 fully saturated rings. The lowest BCUT2D eigenvalue weighted by atomic mass is 10.0. The van der Waals surface area contributed by atoms with Gasteiger partial charge < -0.3 is 9.73 Å². The van der Waals surface area contributed by atoms with Crippen molar-refractivity contribution in [1.82, 2.24) is 19.7 Å². The average Bonchev–Trinajstić information content (AvgIpc) is 3.34. The number of amides is 1. The minimum Gasteiger partial charge on any atom is -0.443 e. The predicted octanol–water partition coefficient (Wildman–Crippen LogP) is 5.05. The van der Waals surface area contributed by atoms with Gasteiger partial charge in [-0.1, -0.05) is 11.6 Å². The van der Waals surface area contributed by atoms with Crippen LogP contribution < -0.4 is 5.32 Å². The van der Waals surface area contributed by atoms with E-state index < -0.39 is 0 Å². The summed E-state index contributed by atoms with van der Waals surface area (Å²) in [5.74, 6) is 0.960. The normalized spacial score (nSPS) is 11.4. The summed E-state index contributed by atoms with van der Waals surface area (Å²) in [6, 6.07) is 13.2. The number of pyridine rings is 1. The average molecular weight is 411 g/mol. The van der Waals surface area contributed by atoms with Gasteiger partial charge in [0.25, 0.3) is 5.91 Å². The number of anilines is 1. The molecule has 0 aliphatic rings. The molecular weight excluding hydrogens is 390 g/mol. The number of hydrogen-bond donors (Lipinski definition) is 1. The Bertz CT molecular complexity index is 1480. The van der Waals surface area contributed by atoms with Crippen LogP contribution in [0.3, 0.4) is 0 Å². The molecule has 1 amide bonds. The first-order chi connectivity index (χ1) is 14.9. The first kappa shape index (κ1) is 19.0. The van der Waals surface area contributed by atoms with Crippen molar-refractivity contribution in [2.45, 2.75) is 27.7 Å². The van der Waals surface area contributed by atoms with Gasteiger partial charge in [-0.15, -0.1) is 0 Å². The maximum atomic E-state index is 12.9. The highest BCUT2D eigenvalue weighted by atomic mass is 16.3. The fourth-order valence-electron chi connectivity index (χ4n) is 3.89. The Morgan fingerprint density at radius 2 is 1.84 bits per heavy atom. The van der Waals surface area contributed by atoms with Gasteiger partial charge in [0.2, 0.25) is 0 Å². The van der Waals surface area contributed by atoms with Crippen molar-refractivity contribution >= 4 is 33.7 Å². The summed E-state index contributed by atoms with van der Waals surface area (Å²) in [6.45, 7) is 8.09. The molecule has 154 valence electrons. The summed E-state index contributed by atoms with van der Waals surface area (Å²) in [5.41, 5.74) is 6.89. The van der Waals surface area contributed by atoms with Gasteiger partial charge in [-0.05, 0) is 69.2 Å². The number of hydrogen-bond acceptors (Lipinski definition) is 5. The molecule has 0 bridgehead atoms. The molecule has 5 aromatic rings. The number of aryl methyl sites for hydroxylation is 4. The molecule has 0 saturated heterocycles. The van der Waals surface area contributed by atoms with Crippen molar-refractivity contribution in [1.29, 1.82) is 0 Å². The maximum absolute atomic E-state index is 12.9. The van der Waals surface area contributed by atoms with E-state index >= 15 is 0 Å². The summed E-state index contributed by atoms with van der Waals surface area (Å²) < 4.78 is 6.92. The van der Waals surface area contributed by atoms with Crippen LogP contribution in [-0.2, 0) is 0 Å². The number of oxazole rings is 1. The zero-order valence-corrected chi connectivity index (χ0v) is 17.7. The van der Waals surface area contributed by atoms with Crippen LogP contribution in [0.5, 0.6) is 0 Å². The van der Waals surface area contributed by atoms with E-state index in [1.54, 1.807) is 22.9 Å². The molecule has 3 aromatic heterocycles.